The van der Waals surface area contributed by atoms with Crippen LogP contribution in [0.25, 0.3) is 0 Å². The molecule has 0 spiro atoms. The molecule has 2 saturated carbocycles. The smallest absolute Gasteiger partial charge is 0.255 e. The summed E-state index contributed by atoms with van der Waals surface area (Å²) >= 11 is 0. The lowest BCUT2D eigenvalue weighted by molar-refractivity contribution is 0.0949. The van der Waals surface area contributed by atoms with Gasteiger partial charge in [0.15, 0.2) is 0 Å². The van der Waals surface area contributed by atoms with Gasteiger partial charge < -0.3 is 10.6 Å². The van der Waals surface area contributed by atoms with Gasteiger partial charge in [-0.3, -0.25) is 9.59 Å². The Morgan fingerprint density at radius 3 is 2.28 bits per heavy atom. The van der Waals surface area contributed by atoms with Gasteiger partial charge in [0.2, 0.25) is 10.0 Å². The van der Waals surface area contributed by atoms with Crippen LogP contribution in [0.1, 0.15) is 46.4 Å². The lowest BCUT2D eigenvalue weighted by Gasteiger charge is -2.10. The average Bonchev–Trinajstić information content (AvgIpc) is 3.62. The van der Waals surface area contributed by atoms with Crippen LogP contribution in [0.5, 0.6) is 0 Å². The van der Waals surface area contributed by atoms with E-state index < -0.39 is 15.9 Å². The number of nitrogens with one attached hydrogen (secondary N) is 3. The normalized spacial score (nSPS) is 16.3. The minimum absolute atomic E-state index is 0.0587. The first kappa shape index (κ1) is 19.6. The standard InChI is InChI=1S/C21H23N3O4S/c25-20(23-17-9-10-17)15-3-1-5-18(11-15)24-21(26)16-4-2-6-19(12-16)29(27,28)22-13-14-7-8-14/h1-6,11-12,14,17,22H,7-10,13H2,(H,23,25)(H,24,26). The summed E-state index contributed by atoms with van der Waals surface area (Å²) in [4.78, 5) is 24.8. The minimum Gasteiger partial charge on any atom is -0.349 e. The molecule has 7 nitrogen and oxygen atoms in total. The van der Waals surface area contributed by atoms with Gasteiger partial charge in [-0.2, -0.15) is 0 Å². The van der Waals surface area contributed by atoms with E-state index in [0.29, 0.717) is 23.7 Å². The quantitative estimate of drug-likeness (QED) is 0.618. The van der Waals surface area contributed by atoms with Crippen molar-refractivity contribution in [2.75, 3.05) is 11.9 Å². The van der Waals surface area contributed by atoms with E-state index in [-0.39, 0.29) is 22.4 Å². The molecule has 29 heavy (non-hydrogen) atoms. The maximum atomic E-state index is 12.6. The number of anilines is 1. The number of hydrogen-bond donors (Lipinski definition) is 3. The zero-order chi connectivity index (χ0) is 20.4. The highest BCUT2D eigenvalue weighted by atomic mass is 32.2. The topological polar surface area (TPSA) is 104 Å². The predicted molar refractivity (Wildman–Crippen MR) is 109 cm³/mol. The van der Waals surface area contributed by atoms with Crippen molar-refractivity contribution in [3.8, 4) is 0 Å². The van der Waals surface area contributed by atoms with Gasteiger partial charge in [0.25, 0.3) is 11.8 Å². The van der Waals surface area contributed by atoms with Crippen molar-refractivity contribution in [3.63, 3.8) is 0 Å². The number of carbonyl (C=O) groups excluding carboxylic acids is 2. The first-order valence-electron chi connectivity index (χ1n) is 9.73. The number of benzene rings is 2. The molecule has 3 N–H and O–H groups in total. The van der Waals surface area contributed by atoms with Gasteiger partial charge in [0.1, 0.15) is 0 Å². The summed E-state index contributed by atoms with van der Waals surface area (Å²) in [5.41, 5.74) is 1.17. The summed E-state index contributed by atoms with van der Waals surface area (Å²) < 4.78 is 27.4. The SMILES string of the molecule is O=C(Nc1cccc(C(=O)NC2CC2)c1)c1cccc(S(=O)(=O)NCC2CC2)c1. The number of rotatable bonds is 8. The fourth-order valence-corrected chi connectivity index (χ4v) is 4.04. The predicted octanol–water partition coefficient (Wildman–Crippen LogP) is 2.52. The molecule has 0 atom stereocenters. The molecule has 0 radical (unpaired) electrons. The summed E-state index contributed by atoms with van der Waals surface area (Å²) in [7, 11) is -3.65. The van der Waals surface area contributed by atoms with E-state index in [2.05, 4.69) is 15.4 Å². The Balaban J connectivity index is 1.45. The van der Waals surface area contributed by atoms with Crippen LogP contribution in [0.15, 0.2) is 53.4 Å². The summed E-state index contributed by atoms with van der Waals surface area (Å²) in [6, 6.07) is 12.8. The highest BCUT2D eigenvalue weighted by Crippen LogP contribution is 2.28. The number of sulfonamides is 1. The molecule has 0 saturated heterocycles. The van der Waals surface area contributed by atoms with E-state index in [9.17, 15) is 18.0 Å². The second-order valence-corrected chi connectivity index (χ2v) is 9.37. The van der Waals surface area contributed by atoms with E-state index >= 15 is 0 Å². The first-order valence-corrected chi connectivity index (χ1v) is 11.2. The second kappa shape index (κ2) is 7.96. The van der Waals surface area contributed by atoms with Crippen molar-refractivity contribution < 1.29 is 18.0 Å². The van der Waals surface area contributed by atoms with Crippen LogP contribution in [0.2, 0.25) is 0 Å². The Morgan fingerprint density at radius 1 is 0.897 bits per heavy atom. The van der Waals surface area contributed by atoms with Gasteiger partial charge in [-0.25, -0.2) is 13.1 Å². The Kier molecular flexibility index (Phi) is 5.38. The van der Waals surface area contributed by atoms with Gasteiger partial charge in [-0.05, 0) is 68.0 Å². The molecule has 2 aliphatic carbocycles. The zero-order valence-corrected chi connectivity index (χ0v) is 16.7. The summed E-state index contributed by atoms with van der Waals surface area (Å²) in [6.45, 7) is 0.425. The summed E-state index contributed by atoms with van der Waals surface area (Å²) in [6.07, 6.45) is 4.08. The van der Waals surface area contributed by atoms with Crippen LogP contribution in [-0.4, -0.2) is 32.8 Å². The molecule has 8 heteroatoms. The number of carbonyl (C=O) groups is 2. The summed E-state index contributed by atoms with van der Waals surface area (Å²) in [5.74, 6) is -0.192. The molecule has 2 aliphatic rings. The van der Waals surface area contributed by atoms with Gasteiger partial charge in [-0.15, -0.1) is 0 Å². The number of amides is 2. The summed E-state index contributed by atoms with van der Waals surface area (Å²) in [5, 5.41) is 5.63. The third-order valence-corrected chi connectivity index (χ3v) is 6.38. The Morgan fingerprint density at radius 2 is 1.59 bits per heavy atom. The molecule has 2 fully saturated rings. The second-order valence-electron chi connectivity index (χ2n) is 7.61. The zero-order valence-electron chi connectivity index (χ0n) is 15.9. The van der Waals surface area contributed by atoms with Crippen LogP contribution < -0.4 is 15.4 Å². The fourth-order valence-electron chi connectivity index (χ4n) is 2.88. The van der Waals surface area contributed by atoms with Gasteiger partial charge >= 0.3 is 0 Å². The Hall–Kier alpha value is -2.71. The van der Waals surface area contributed by atoms with Crippen molar-refractivity contribution in [1.82, 2.24) is 10.0 Å². The van der Waals surface area contributed by atoms with Crippen molar-refractivity contribution >= 4 is 27.5 Å². The number of hydrogen-bond acceptors (Lipinski definition) is 4. The molecule has 0 heterocycles. The van der Waals surface area contributed by atoms with Crippen molar-refractivity contribution in [3.05, 3.63) is 59.7 Å². The van der Waals surface area contributed by atoms with Crippen LogP contribution in [0, 0.1) is 5.92 Å². The highest BCUT2D eigenvalue weighted by Gasteiger charge is 2.25. The third-order valence-electron chi connectivity index (χ3n) is 4.96. The minimum atomic E-state index is -3.65. The molecule has 0 aromatic heterocycles. The molecule has 152 valence electrons. The van der Waals surface area contributed by atoms with Crippen LogP contribution in [-0.2, 0) is 10.0 Å². The molecule has 0 aliphatic heterocycles. The Bertz CT molecular complexity index is 1040. The highest BCUT2D eigenvalue weighted by molar-refractivity contribution is 7.89. The molecule has 0 bridgehead atoms. The van der Waals surface area contributed by atoms with Crippen molar-refractivity contribution in [1.29, 1.82) is 0 Å². The molecule has 2 aromatic rings. The monoisotopic (exact) mass is 413 g/mol. The van der Waals surface area contributed by atoms with Gasteiger partial charge in [0.05, 0.1) is 4.90 Å². The van der Waals surface area contributed by atoms with E-state index in [0.717, 1.165) is 25.7 Å². The first-order chi connectivity index (χ1) is 13.9. The van der Waals surface area contributed by atoms with E-state index in [4.69, 9.17) is 0 Å². The van der Waals surface area contributed by atoms with Gasteiger partial charge in [-0.1, -0.05) is 12.1 Å². The van der Waals surface area contributed by atoms with Gasteiger partial charge in [0, 0.05) is 29.4 Å². The third kappa shape index (κ3) is 5.21. The van der Waals surface area contributed by atoms with Crippen molar-refractivity contribution in [2.24, 2.45) is 5.92 Å². The van der Waals surface area contributed by atoms with E-state index in [1.165, 1.54) is 12.1 Å². The Labute approximate surface area is 169 Å². The largest absolute Gasteiger partial charge is 0.349 e. The molecule has 0 unspecified atom stereocenters. The maximum absolute atomic E-state index is 12.6. The molecular weight excluding hydrogens is 390 g/mol. The fraction of sp³-hybridized carbons (Fsp3) is 0.333. The average molecular weight is 413 g/mol. The molecular formula is C21H23N3O4S. The van der Waals surface area contributed by atoms with Crippen molar-refractivity contribution in [2.45, 2.75) is 36.6 Å². The lowest BCUT2D eigenvalue weighted by Crippen LogP contribution is -2.26. The lowest BCUT2D eigenvalue weighted by atomic mass is 10.1. The molecule has 2 amide bonds. The van der Waals surface area contributed by atoms with Crippen LogP contribution >= 0.6 is 0 Å². The van der Waals surface area contributed by atoms with E-state index in [1.807, 2.05) is 0 Å². The molecule has 2 aromatic carbocycles. The van der Waals surface area contributed by atoms with Crippen LogP contribution in [0.3, 0.4) is 0 Å². The molecule has 4 rings (SSSR count). The maximum Gasteiger partial charge on any atom is 0.255 e. The van der Waals surface area contributed by atoms with Crippen LogP contribution in [0.4, 0.5) is 5.69 Å². The van der Waals surface area contributed by atoms with E-state index in [1.54, 1.807) is 36.4 Å².